The van der Waals surface area contributed by atoms with Gasteiger partial charge in [0.2, 0.25) is 11.8 Å². The zero-order valence-corrected chi connectivity index (χ0v) is 12.5. The molecule has 1 heterocycles. The molecule has 1 saturated heterocycles. The maximum Gasteiger partial charge on any atom is 0.235 e. The lowest BCUT2D eigenvalue weighted by molar-refractivity contribution is -0.143. The highest BCUT2D eigenvalue weighted by molar-refractivity contribution is 7.80. The number of carbonyl (C=O) groups excluding carboxylic acids is 2. The molecule has 5 heteroatoms. The van der Waals surface area contributed by atoms with E-state index in [4.69, 9.17) is 18.0 Å². The molecule has 2 rings (SSSR count). The van der Waals surface area contributed by atoms with Crippen molar-refractivity contribution in [1.82, 2.24) is 4.90 Å². The summed E-state index contributed by atoms with van der Waals surface area (Å²) in [5, 5.41) is 0. The minimum atomic E-state index is -0.499. The van der Waals surface area contributed by atoms with E-state index < -0.39 is 10.8 Å². The number of nitrogens with two attached hydrogens (primary N) is 1. The predicted molar refractivity (Wildman–Crippen MR) is 77.4 cm³/mol. The Balaban J connectivity index is 2.17. The van der Waals surface area contributed by atoms with E-state index in [2.05, 4.69) is 0 Å². The molecular weight excluding hydrogens is 260 g/mol. The molecule has 1 aliphatic heterocycles. The van der Waals surface area contributed by atoms with Gasteiger partial charge in [-0.25, -0.2) is 0 Å². The number of rotatable bonds is 3. The second-order valence-electron chi connectivity index (χ2n) is 6.55. The van der Waals surface area contributed by atoms with Gasteiger partial charge in [0.25, 0.3) is 0 Å². The zero-order valence-electron chi connectivity index (χ0n) is 11.7. The van der Waals surface area contributed by atoms with E-state index in [1.54, 1.807) is 0 Å². The Hall–Kier alpha value is -0.970. The normalized spacial score (nSPS) is 23.2. The summed E-state index contributed by atoms with van der Waals surface area (Å²) in [6, 6.07) is 0. The summed E-state index contributed by atoms with van der Waals surface area (Å²) in [4.78, 5) is 26.5. The van der Waals surface area contributed by atoms with Gasteiger partial charge in [-0.1, -0.05) is 45.3 Å². The lowest BCUT2D eigenvalue weighted by atomic mass is 9.73. The highest BCUT2D eigenvalue weighted by Crippen LogP contribution is 2.45. The smallest absolute Gasteiger partial charge is 0.235 e. The molecular formula is C14H22N2O2S. The van der Waals surface area contributed by atoms with Crippen LogP contribution in [0.4, 0.5) is 0 Å². The van der Waals surface area contributed by atoms with Gasteiger partial charge < -0.3 is 5.73 Å². The minimum Gasteiger partial charge on any atom is -0.393 e. The van der Waals surface area contributed by atoms with Crippen molar-refractivity contribution >= 4 is 29.0 Å². The fourth-order valence-electron chi connectivity index (χ4n) is 3.11. The van der Waals surface area contributed by atoms with Crippen LogP contribution in [0.15, 0.2) is 0 Å². The summed E-state index contributed by atoms with van der Waals surface area (Å²) in [6.07, 6.45) is 5.33. The molecule has 0 aromatic rings. The molecule has 2 N–H and O–H groups in total. The van der Waals surface area contributed by atoms with E-state index in [0.717, 1.165) is 25.7 Å². The third-order valence-corrected chi connectivity index (χ3v) is 5.07. The van der Waals surface area contributed by atoms with Gasteiger partial charge >= 0.3 is 0 Å². The molecule has 0 unspecified atom stereocenters. The van der Waals surface area contributed by atoms with Crippen LogP contribution in [0.3, 0.4) is 0 Å². The monoisotopic (exact) mass is 282 g/mol. The standard InChI is InChI=1S/C14H22N2O2S/c1-13(2,11(15)19)9-16-10(17)8-14(12(16)18)6-4-3-5-7-14/h3-9H2,1-2H3,(H2,15,19). The number of likely N-dealkylation sites (tertiary alicyclic amines) is 1. The van der Waals surface area contributed by atoms with E-state index in [9.17, 15) is 9.59 Å². The lowest BCUT2D eigenvalue weighted by Crippen LogP contribution is -2.45. The van der Waals surface area contributed by atoms with Gasteiger partial charge in [-0.05, 0) is 12.8 Å². The topological polar surface area (TPSA) is 63.4 Å². The van der Waals surface area contributed by atoms with Crippen molar-refractivity contribution in [2.75, 3.05) is 6.54 Å². The number of imide groups is 1. The number of thiocarbonyl (C=S) groups is 1. The summed E-state index contributed by atoms with van der Waals surface area (Å²) in [5.41, 5.74) is 4.78. The molecule has 0 bridgehead atoms. The number of hydrogen-bond acceptors (Lipinski definition) is 3. The molecule has 2 amide bonds. The maximum absolute atomic E-state index is 12.6. The van der Waals surface area contributed by atoms with Crippen LogP contribution in [-0.2, 0) is 9.59 Å². The van der Waals surface area contributed by atoms with E-state index >= 15 is 0 Å². The molecule has 0 aromatic carbocycles. The molecule has 0 aromatic heterocycles. The summed E-state index contributed by atoms with van der Waals surface area (Å²) in [5.74, 6) is -0.0576. The SMILES string of the molecule is CC(C)(CN1C(=O)CC2(CCCCC2)C1=O)C(N)=S. The third-order valence-electron chi connectivity index (χ3n) is 4.52. The molecule has 1 spiro atoms. The van der Waals surface area contributed by atoms with Crippen molar-refractivity contribution in [1.29, 1.82) is 0 Å². The van der Waals surface area contributed by atoms with Crippen LogP contribution < -0.4 is 5.73 Å². The van der Waals surface area contributed by atoms with E-state index in [0.29, 0.717) is 18.0 Å². The fraction of sp³-hybridized carbons (Fsp3) is 0.786. The van der Waals surface area contributed by atoms with Gasteiger partial charge in [0, 0.05) is 18.4 Å². The number of amides is 2. The molecule has 1 aliphatic carbocycles. The van der Waals surface area contributed by atoms with E-state index in [1.165, 1.54) is 11.3 Å². The first kappa shape index (κ1) is 14.4. The number of carbonyl (C=O) groups is 2. The van der Waals surface area contributed by atoms with Crippen LogP contribution in [0.5, 0.6) is 0 Å². The average molecular weight is 282 g/mol. The van der Waals surface area contributed by atoms with Crippen LogP contribution in [0.25, 0.3) is 0 Å². The van der Waals surface area contributed by atoms with Crippen molar-refractivity contribution < 1.29 is 9.59 Å². The first-order valence-corrected chi connectivity index (χ1v) is 7.34. The van der Waals surface area contributed by atoms with Crippen LogP contribution in [-0.4, -0.2) is 28.2 Å². The quantitative estimate of drug-likeness (QED) is 0.635. The Kier molecular flexibility index (Phi) is 3.69. The summed E-state index contributed by atoms with van der Waals surface area (Å²) >= 11 is 5.02. The second-order valence-corrected chi connectivity index (χ2v) is 6.99. The molecule has 106 valence electrons. The maximum atomic E-state index is 12.6. The first-order valence-electron chi connectivity index (χ1n) is 6.93. The van der Waals surface area contributed by atoms with Crippen LogP contribution in [0.1, 0.15) is 52.4 Å². The van der Waals surface area contributed by atoms with Crippen molar-refractivity contribution in [3.63, 3.8) is 0 Å². The minimum absolute atomic E-state index is 0.00141. The van der Waals surface area contributed by atoms with Gasteiger partial charge in [0.15, 0.2) is 0 Å². The van der Waals surface area contributed by atoms with E-state index in [1.807, 2.05) is 13.8 Å². The zero-order chi connectivity index (χ0) is 14.3. The molecule has 2 fully saturated rings. The van der Waals surface area contributed by atoms with E-state index in [-0.39, 0.29) is 11.8 Å². The van der Waals surface area contributed by atoms with Crippen molar-refractivity contribution in [3.8, 4) is 0 Å². The molecule has 2 aliphatic rings. The Morgan fingerprint density at radius 1 is 1.32 bits per heavy atom. The first-order chi connectivity index (χ1) is 8.78. The Morgan fingerprint density at radius 2 is 1.89 bits per heavy atom. The van der Waals surface area contributed by atoms with Gasteiger partial charge in [0.05, 0.1) is 10.4 Å². The van der Waals surface area contributed by atoms with Crippen LogP contribution in [0, 0.1) is 10.8 Å². The fourth-order valence-corrected chi connectivity index (χ4v) is 3.18. The van der Waals surface area contributed by atoms with Crippen molar-refractivity contribution in [2.45, 2.75) is 52.4 Å². The van der Waals surface area contributed by atoms with Crippen LogP contribution in [0.2, 0.25) is 0 Å². The van der Waals surface area contributed by atoms with Crippen LogP contribution >= 0.6 is 12.2 Å². The Morgan fingerprint density at radius 3 is 2.42 bits per heavy atom. The van der Waals surface area contributed by atoms with Gasteiger partial charge in [0.1, 0.15) is 0 Å². The molecule has 1 saturated carbocycles. The highest BCUT2D eigenvalue weighted by Gasteiger charge is 2.52. The Labute approximate surface area is 119 Å². The Bertz CT molecular complexity index is 425. The lowest BCUT2D eigenvalue weighted by Gasteiger charge is -2.32. The van der Waals surface area contributed by atoms with Crippen molar-refractivity contribution in [2.24, 2.45) is 16.6 Å². The largest absolute Gasteiger partial charge is 0.393 e. The number of nitrogens with zero attached hydrogens (tertiary/aromatic N) is 1. The number of hydrogen-bond donors (Lipinski definition) is 1. The summed E-state index contributed by atoms with van der Waals surface area (Å²) < 4.78 is 0. The second kappa shape index (κ2) is 4.85. The summed E-state index contributed by atoms with van der Waals surface area (Å²) in [6.45, 7) is 4.06. The molecule has 4 nitrogen and oxygen atoms in total. The average Bonchev–Trinajstić information content (AvgIpc) is 2.55. The predicted octanol–water partition coefficient (Wildman–Crippen LogP) is 2.01. The molecule has 19 heavy (non-hydrogen) atoms. The van der Waals surface area contributed by atoms with Gasteiger partial charge in [-0.2, -0.15) is 0 Å². The third kappa shape index (κ3) is 2.53. The van der Waals surface area contributed by atoms with Gasteiger partial charge in [-0.3, -0.25) is 14.5 Å². The molecule has 0 radical (unpaired) electrons. The highest BCUT2D eigenvalue weighted by atomic mass is 32.1. The van der Waals surface area contributed by atoms with Gasteiger partial charge in [-0.15, -0.1) is 0 Å². The van der Waals surface area contributed by atoms with Crippen molar-refractivity contribution in [3.05, 3.63) is 0 Å². The molecule has 0 atom stereocenters. The summed E-state index contributed by atoms with van der Waals surface area (Å²) in [7, 11) is 0.